The van der Waals surface area contributed by atoms with Gasteiger partial charge in [-0.05, 0) is 26.7 Å². The Bertz CT molecular complexity index is 399. The van der Waals surface area contributed by atoms with Crippen LogP contribution in [0.4, 0.5) is 4.79 Å². The molecule has 0 atom stereocenters. The van der Waals surface area contributed by atoms with E-state index in [1.807, 2.05) is 0 Å². The zero-order valence-electron chi connectivity index (χ0n) is 12.2. The Hall–Kier alpha value is -1.43. The van der Waals surface area contributed by atoms with Gasteiger partial charge >= 0.3 is 6.03 Å². The van der Waals surface area contributed by atoms with Crippen LogP contribution in [0, 0.1) is 5.41 Å². The molecule has 6 nitrogen and oxygen atoms in total. The number of carbonyl (C=O) groups excluding carboxylic acids is 3. The van der Waals surface area contributed by atoms with Crippen molar-refractivity contribution in [2.45, 2.75) is 46.1 Å². The Balaban J connectivity index is 3.23. The van der Waals surface area contributed by atoms with Crippen LogP contribution >= 0.6 is 0 Å². The van der Waals surface area contributed by atoms with E-state index in [1.165, 1.54) is 7.11 Å². The highest BCUT2D eigenvalue weighted by Crippen LogP contribution is 2.35. The van der Waals surface area contributed by atoms with Gasteiger partial charge in [0.1, 0.15) is 5.41 Å². The van der Waals surface area contributed by atoms with Crippen LogP contribution in [-0.2, 0) is 14.3 Å². The van der Waals surface area contributed by atoms with Gasteiger partial charge in [-0.25, -0.2) is 4.79 Å². The van der Waals surface area contributed by atoms with E-state index in [2.05, 4.69) is 5.32 Å². The van der Waals surface area contributed by atoms with Crippen LogP contribution in [0.2, 0.25) is 0 Å². The summed E-state index contributed by atoms with van der Waals surface area (Å²) in [6.07, 6.45) is 0.724. The summed E-state index contributed by atoms with van der Waals surface area (Å²) < 4.78 is 5.06. The second kappa shape index (κ2) is 5.28. The maximum absolute atomic E-state index is 12.6. The minimum Gasteiger partial charge on any atom is -0.382 e. The smallest absolute Gasteiger partial charge is 0.331 e. The standard InChI is InChI=1S/C13H22N2O4/c1-6-13(7-2)9(16)14-11(18)15(10(13)17)12(3,4)8-19-5/h6-8H2,1-5H3,(H,14,16,18). The fourth-order valence-corrected chi connectivity index (χ4v) is 2.52. The van der Waals surface area contributed by atoms with Crippen LogP contribution in [0.25, 0.3) is 0 Å². The van der Waals surface area contributed by atoms with Crippen LogP contribution in [0.5, 0.6) is 0 Å². The van der Waals surface area contributed by atoms with Gasteiger partial charge in [0.05, 0.1) is 12.1 Å². The lowest BCUT2D eigenvalue weighted by Crippen LogP contribution is -2.69. The van der Waals surface area contributed by atoms with Crippen LogP contribution in [0.15, 0.2) is 0 Å². The van der Waals surface area contributed by atoms with E-state index < -0.39 is 28.8 Å². The molecule has 19 heavy (non-hydrogen) atoms. The monoisotopic (exact) mass is 270 g/mol. The molecular formula is C13H22N2O4. The van der Waals surface area contributed by atoms with Gasteiger partial charge in [0.15, 0.2) is 0 Å². The molecule has 1 aliphatic heterocycles. The zero-order chi connectivity index (χ0) is 14.8. The average molecular weight is 270 g/mol. The normalized spacial score (nSPS) is 19.6. The number of urea groups is 1. The van der Waals surface area contributed by atoms with Gasteiger partial charge < -0.3 is 4.74 Å². The van der Waals surface area contributed by atoms with E-state index in [0.717, 1.165) is 4.90 Å². The highest BCUT2D eigenvalue weighted by molar-refractivity contribution is 6.19. The fourth-order valence-electron chi connectivity index (χ4n) is 2.52. The van der Waals surface area contributed by atoms with Gasteiger partial charge in [-0.1, -0.05) is 13.8 Å². The maximum atomic E-state index is 12.6. The molecule has 0 unspecified atom stereocenters. The molecular weight excluding hydrogens is 248 g/mol. The molecule has 0 aliphatic carbocycles. The zero-order valence-corrected chi connectivity index (χ0v) is 12.2. The van der Waals surface area contributed by atoms with Crippen molar-refractivity contribution >= 4 is 17.8 Å². The van der Waals surface area contributed by atoms with Gasteiger partial charge in [-0.3, -0.25) is 19.8 Å². The number of barbiturate groups is 1. The molecule has 1 heterocycles. The third-order valence-electron chi connectivity index (χ3n) is 3.78. The largest absolute Gasteiger partial charge is 0.382 e. The molecule has 0 spiro atoms. The van der Waals surface area contributed by atoms with E-state index in [9.17, 15) is 14.4 Å². The Morgan fingerprint density at radius 1 is 1.21 bits per heavy atom. The lowest BCUT2D eigenvalue weighted by molar-refractivity contribution is -0.156. The van der Waals surface area contributed by atoms with Crippen LogP contribution in [0.1, 0.15) is 40.5 Å². The number of nitrogens with zero attached hydrogens (tertiary/aromatic N) is 1. The second-order valence-electron chi connectivity index (χ2n) is 5.43. The molecule has 0 saturated carbocycles. The van der Waals surface area contributed by atoms with Crippen molar-refractivity contribution in [3.8, 4) is 0 Å². The number of ether oxygens (including phenoxy) is 1. The van der Waals surface area contributed by atoms with E-state index in [4.69, 9.17) is 4.74 Å². The molecule has 0 aromatic heterocycles. The van der Waals surface area contributed by atoms with Crippen molar-refractivity contribution in [3.05, 3.63) is 0 Å². The topological polar surface area (TPSA) is 75.7 Å². The number of methoxy groups -OCH3 is 1. The number of imide groups is 2. The van der Waals surface area contributed by atoms with Gasteiger partial charge in [0.25, 0.3) is 0 Å². The SMILES string of the molecule is CCC1(CC)C(=O)NC(=O)N(C(C)(C)COC)C1=O. The Kier molecular flexibility index (Phi) is 4.35. The van der Waals surface area contributed by atoms with E-state index in [1.54, 1.807) is 27.7 Å². The Morgan fingerprint density at radius 3 is 2.16 bits per heavy atom. The van der Waals surface area contributed by atoms with Crippen LogP contribution in [-0.4, -0.2) is 42.0 Å². The lowest BCUT2D eigenvalue weighted by atomic mass is 9.77. The van der Waals surface area contributed by atoms with Crippen molar-refractivity contribution in [3.63, 3.8) is 0 Å². The summed E-state index contributed by atoms with van der Waals surface area (Å²) in [5.41, 5.74) is -1.95. The molecule has 4 amide bonds. The van der Waals surface area contributed by atoms with Gasteiger partial charge in [-0.2, -0.15) is 0 Å². The molecule has 1 N–H and O–H groups in total. The van der Waals surface area contributed by atoms with Crippen molar-refractivity contribution in [2.24, 2.45) is 5.41 Å². The molecule has 1 rings (SSSR count). The van der Waals surface area contributed by atoms with Crippen molar-refractivity contribution < 1.29 is 19.1 Å². The van der Waals surface area contributed by atoms with Crippen LogP contribution < -0.4 is 5.32 Å². The summed E-state index contributed by atoms with van der Waals surface area (Å²) in [5.74, 6) is -0.940. The third kappa shape index (κ3) is 2.36. The molecule has 1 saturated heterocycles. The Labute approximate surface area is 113 Å². The quantitative estimate of drug-likeness (QED) is 0.764. The molecule has 1 fully saturated rings. The summed E-state index contributed by atoms with van der Waals surface area (Å²) >= 11 is 0. The average Bonchev–Trinajstić information content (AvgIpc) is 2.29. The van der Waals surface area contributed by atoms with E-state index in [-0.39, 0.29) is 6.61 Å². The molecule has 0 aromatic rings. The number of nitrogens with one attached hydrogen (secondary N) is 1. The molecule has 0 bridgehead atoms. The maximum Gasteiger partial charge on any atom is 0.331 e. The van der Waals surface area contributed by atoms with Crippen molar-refractivity contribution in [2.75, 3.05) is 13.7 Å². The highest BCUT2D eigenvalue weighted by atomic mass is 16.5. The predicted molar refractivity (Wildman–Crippen MR) is 69.4 cm³/mol. The molecule has 6 heteroatoms. The molecule has 0 aromatic carbocycles. The first-order valence-electron chi connectivity index (χ1n) is 6.45. The summed E-state index contributed by atoms with van der Waals surface area (Å²) in [7, 11) is 1.51. The summed E-state index contributed by atoms with van der Waals surface area (Å²) in [6, 6.07) is -0.672. The van der Waals surface area contributed by atoms with E-state index >= 15 is 0 Å². The number of hydrogen-bond donors (Lipinski definition) is 1. The van der Waals surface area contributed by atoms with Gasteiger partial charge in [-0.15, -0.1) is 0 Å². The third-order valence-corrected chi connectivity index (χ3v) is 3.78. The van der Waals surface area contributed by atoms with E-state index in [0.29, 0.717) is 12.8 Å². The Morgan fingerprint density at radius 2 is 1.74 bits per heavy atom. The first-order valence-corrected chi connectivity index (χ1v) is 6.45. The fraction of sp³-hybridized carbons (Fsp3) is 0.769. The van der Waals surface area contributed by atoms with Gasteiger partial charge in [0.2, 0.25) is 11.8 Å². The minimum atomic E-state index is -1.15. The molecule has 108 valence electrons. The highest BCUT2D eigenvalue weighted by Gasteiger charge is 2.54. The van der Waals surface area contributed by atoms with Gasteiger partial charge in [0, 0.05) is 7.11 Å². The molecule has 1 aliphatic rings. The van der Waals surface area contributed by atoms with Crippen LogP contribution in [0.3, 0.4) is 0 Å². The molecule has 0 radical (unpaired) electrons. The number of rotatable bonds is 5. The first-order chi connectivity index (χ1) is 8.76. The second-order valence-corrected chi connectivity index (χ2v) is 5.43. The number of amides is 4. The summed E-state index contributed by atoms with van der Waals surface area (Å²) in [4.78, 5) is 37.7. The number of hydrogen-bond acceptors (Lipinski definition) is 4. The number of carbonyl (C=O) groups is 3. The lowest BCUT2D eigenvalue weighted by Gasteiger charge is -2.45. The summed E-state index contributed by atoms with van der Waals surface area (Å²) in [6.45, 7) is 7.24. The minimum absolute atomic E-state index is 0.212. The van der Waals surface area contributed by atoms with Crippen molar-refractivity contribution in [1.29, 1.82) is 0 Å². The van der Waals surface area contributed by atoms with Crippen molar-refractivity contribution in [1.82, 2.24) is 10.2 Å². The predicted octanol–water partition coefficient (Wildman–Crippen LogP) is 1.30. The first kappa shape index (κ1) is 15.6. The summed E-state index contributed by atoms with van der Waals surface area (Å²) in [5, 5.41) is 2.29.